The molecular weight excluding hydrogens is 386 g/mol. The molecule has 2 aromatic carbocycles. The molecule has 1 heterocycles. The Morgan fingerprint density at radius 2 is 1.93 bits per heavy atom. The fourth-order valence-electron chi connectivity index (χ4n) is 2.99. The van der Waals surface area contributed by atoms with Crippen molar-refractivity contribution in [1.29, 1.82) is 0 Å². The van der Waals surface area contributed by atoms with E-state index in [-0.39, 0.29) is 17.1 Å². The van der Waals surface area contributed by atoms with Crippen LogP contribution in [-0.4, -0.2) is 33.3 Å². The second-order valence-corrected chi connectivity index (χ2v) is 7.83. The van der Waals surface area contributed by atoms with E-state index in [1.54, 1.807) is 19.1 Å². The molecule has 29 heavy (non-hydrogen) atoms. The fourth-order valence-corrected chi connectivity index (χ4v) is 4.00. The standard InChI is InChI=1S/C22H25N3O3S/c1-4-25-19-12-11-17(21(27)28-5-2)13-18(19)24-22(25)29-15(3)20(26)23-14-16-9-7-6-8-10-16/h6-13,15H,4-5,14H2,1-3H3,(H,23,26)/t15-/m1/s1. The first-order valence-corrected chi connectivity index (χ1v) is 10.6. The highest BCUT2D eigenvalue weighted by molar-refractivity contribution is 8.00. The molecule has 6 nitrogen and oxygen atoms in total. The number of esters is 1. The van der Waals surface area contributed by atoms with E-state index in [9.17, 15) is 9.59 Å². The molecule has 0 unspecified atom stereocenters. The number of hydrogen-bond donors (Lipinski definition) is 1. The van der Waals surface area contributed by atoms with Gasteiger partial charge in [0.1, 0.15) is 0 Å². The Bertz CT molecular complexity index is 1000. The maximum Gasteiger partial charge on any atom is 0.338 e. The predicted octanol–water partition coefficient (Wildman–Crippen LogP) is 4.03. The van der Waals surface area contributed by atoms with E-state index >= 15 is 0 Å². The average Bonchev–Trinajstić information content (AvgIpc) is 3.08. The summed E-state index contributed by atoms with van der Waals surface area (Å²) in [6.45, 7) is 7.23. The van der Waals surface area contributed by atoms with Crippen molar-refractivity contribution < 1.29 is 14.3 Å². The third-order valence-electron chi connectivity index (χ3n) is 4.50. The average molecular weight is 412 g/mol. The minimum absolute atomic E-state index is 0.0409. The second kappa shape index (κ2) is 9.60. The number of thioether (sulfide) groups is 1. The van der Waals surface area contributed by atoms with Gasteiger partial charge in [0.15, 0.2) is 5.16 Å². The van der Waals surface area contributed by atoms with Crippen LogP contribution in [0.25, 0.3) is 11.0 Å². The van der Waals surface area contributed by atoms with Crippen LogP contribution in [0.5, 0.6) is 0 Å². The molecule has 0 bridgehead atoms. The Balaban J connectivity index is 1.74. The molecule has 1 aromatic heterocycles. The lowest BCUT2D eigenvalue weighted by Gasteiger charge is -2.12. The van der Waals surface area contributed by atoms with E-state index in [1.165, 1.54) is 11.8 Å². The predicted molar refractivity (Wildman–Crippen MR) is 115 cm³/mol. The van der Waals surface area contributed by atoms with Gasteiger partial charge in [-0.05, 0) is 44.5 Å². The third kappa shape index (κ3) is 4.98. The van der Waals surface area contributed by atoms with E-state index in [0.717, 1.165) is 28.3 Å². The van der Waals surface area contributed by atoms with Crippen LogP contribution >= 0.6 is 11.8 Å². The van der Waals surface area contributed by atoms with Crippen molar-refractivity contribution in [3.05, 3.63) is 59.7 Å². The quantitative estimate of drug-likeness (QED) is 0.447. The molecule has 0 saturated heterocycles. The lowest BCUT2D eigenvalue weighted by atomic mass is 10.2. The number of aryl methyl sites for hydroxylation is 1. The Kier molecular flexibility index (Phi) is 6.93. The molecule has 0 aliphatic carbocycles. The number of rotatable bonds is 8. The molecule has 0 aliphatic rings. The van der Waals surface area contributed by atoms with E-state index in [4.69, 9.17) is 4.74 Å². The summed E-state index contributed by atoms with van der Waals surface area (Å²) >= 11 is 1.41. The first kappa shape index (κ1) is 20.9. The number of nitrogens with one attached hydrogen (secondary N) is 1. The van der Waals surface area contributed by atoms with Crippen LogP contribution in [-0.2, 0) is 22.6 Å². The molecule has 0 saturated carbocycles. The smallest absolute Gasteiger partial charge is 0.338 e. The van der Waals surface area contributed by atoms with Crippen LogP contribution in [0.4, 0.5) is 0 Å². The van der Waals surface area contributed by atoms with Crippen LogP contribution < -0.4 is 5.32 Å². The van der Waals surface area contributed by atoms with Gasteiger partial charge >= 0.3 is 5.97 Å². The molecule has 3 rings (SSSR count). The molecule has 3 aromatic rings. The summed E-state index contributed by atoms with van der Waals surface area (Å²) in [5.41, 5.74) is 3.19. The van der Waals surface area contributed by atoms with E-state index in [2.05, 4.69) is 14.9 Å². The molecule has 1 N–H and O–H groups in total. The number of benzene rings is 2. The number of carbonyl (C=O) groups excluding carboxylic acids is 2. The zero-order chi connectivity index (χ0) is 20.8. The Labute approximate surface area is 174 Å². The van der Waals surface area contributed by atoms with E-state index < -0.39 is 0 Å². The van der Waals surface area contributed by atoms with Crippen molar-refractivity contribution >= 4 is 34.7 Å². The SMILES string of the molecule is CCOC(=O)c1ccc2c(c1)nc(S[C@H](C)C(=O)NCc1ccccc1)n2CC. The van der Waals surface area contributed by atoms with Gasteiger partial charge in [0.05, 0.1) is 28.5 Å². The van der Waals surface area contributed by atoms with Crippen LogP contribution in [0, 0.1) is 0 Å². The highest BCUT2D eigenvalue weighted by Crippen LogP contribution is 2.28. The number of hydrogen-bond acceptors (Lipinski definition) is 5. The summed E-state index contributed by atoms with van der Waals surface area (Å²) in [7, 11) is 0. The normalized spacial score (nSPS) is 12.0. The lowest BCUT2D eigenvalue weighted by Crippen LogP contribution is -2.30. The number of fused-ring (bicyclic) bond motifs is 1. The van der Waals surface area contributed by atoms with Gasteiger partial charge in [-0.2, -0.15) is 0 Å². The van der Waals surface area contributed by atoms with Crippen molar-refractivity contribution in [2.75, 3.05) is 6.61 Å². The first-order valence-electron chi connectivity index (χ1n) is 9.69. The molecule has 1 atom stereocenters. The van der Waals surface area contributed by atoms with Gasteiger partial charge in [0, 0.05) is 13.1 Å². The highest BCUT2D eigenvalue weighted by Gasteiger charge is 2.20. The van der Waals surface area contributed by atoms with Gasteiger partial charge in [0.25, 0.3) is 0 Å². The Morgan fingerprint density at radius 1 is 1.17 bits per heavy atom. The van der Waals surface area contributed by atoms with Crippen molar-refractivity contribution in [3.63, 3.8) is 0 Å². The molecule has 0 aliphatic heterocycles. The van der Waals surface area contributed by atoms with Gasteiger partial charge in [-0.15, -0.1) is 0 Å². The van der Waals surface area contributed by atoms with E-state index in [1.807, 2.05) is 50.2 Å². The minimum atomic E-state index is -0.358. The molecular formula is C22H25N3O3S. The maximum absolute atomic E-state index is 12.5. The van der Waals surface area contributed by atoms with Gasteiger partial charge < -0.3 is 14.6 Å². The molecule has 7 heteroatoms. The summed E-state index contributed by atoms with van der Waals surface area (Å²) in [4.78, 5) is 29.2. The largest absolute Gasteiger partial charge is 0.462 e. The number of amides is 1. The van der Waals surface area contributed by atoms with E-state index in [0.29, 0.717) is 18.7 Å². The summed E-state index contributed by atoms with van der Waals surface area (Å²) in [5.74, 6) is -0.399. The molecule has 0 radical (unpaired) electrons. The van der Waals surface area contributed by atoms with Gasteiger partial charge in [-0.25, -0.2) is 9.78 Å². The number of carbonyl (C=O) groups is 2. The van der Waals surface area contributed by atoms with Crippen LogP contribution in [0.3, 0.4) is 0 Å². The van der Waals surface area contributed by atoms with Crippen molar-refractivity contribution in [2.24, 2.45) is 0 Å². The van der Waals surface area contributed by atoms with Crippen LogP contribution in [0.2, 0.25) is 0 Å². The summed E-state index contributed by atoms with van der Waals surface area (Å²) in [5, 5.41) is 3.43. The van der Waals surface area contributed by atoms with Gasteiger partial charge in [0.2, 0.25) is 5.91 Å². The monoisotopic (exact) mass is 411 g/mol. The highest BCUT2D eigenvalue weighted by atomic mass is 32.2. The van der Waals surface area contributed by atoms with Gasteiger partial charge in [-0.3, -0.25) is 4.79 Å². The molecule has 152 valence electrons. The molecule has 1 amide bonds. The zero-order valence-corrected chi connectivity index (χ0v) is 17.7. The Morgan fingerprint density at radius 3 is 2.62 bits per heavy atom. The zero-order valence-electron chi connectivity index (χ0n) is 16.8. The fraction of sp³-hybridized carbons (Fsp3) is 0.318. The molecule has 0 spiro atoms. The number of nitrogens with zero attached hydrogens (tertiary/aromatic N) is 2. The summed E-state index contributed by atoms with van der Waals surface area (Å²) < 4.78 is 7.12. The maximum atomic E-state index is 12.5. The molecule has 0 fully saturated rings. The van der Waals surface area contributed by atoms with Crippen molar-refractivity contribution in [3.8, 4) is 0 Å². The first-order chi connectivity index (χ1) is 14.0. The van der Waals surface area contributed by atoms with Crippen LogP contribution in [0.1, 0.15) is 36.7 Å². The number of imidazole rings is 1. The van der Waals surface area contributed by atoms with Crippen LogP contribution in [0.15, 0.2) is 53.7 Å². The topological polar surface area (TPSA) is 73.2 Å². The summed E-state index contributed by atoms with van der Waals surface area (Å²) in [6, 6.07) is 15.2. The number of aromatic nitrogens is 2. The van der Waals surface area contributed by atoms with Gasteiger partial charge in [-0.1, -0.05) is 42.1 Å². The number of ether oxygens (including phenoxy) is 1. The lowest BCUT2D eigenvalue weighted by molar-refractivity contribution is -0.120. The van der Waals surface area contributed by atoms with Crippen molar-refractivity contribution in [1.82, 2.24) is 14.9 Å². The minimum Gasteiger partial charge on any atom is -0.462 e. The Hall–Kier alpha value is -2.80. The summed E-state index contributed by atoms with van der Waals surface area (Å²) in [6.07, 6.45) is 0. The van der Waals surface area contributed by atoms with Crippen molar-refractivity contribution in [2.45, 2.75) is 44.3 Å². The third-order valence-corrected chi connectivity index (χ3v) is 5.59. The second-order valence-electron chi connectivity index (χ2n) is 6.53.